The van der Waals surface area contributed by atoms with Gasteiger partial charge in [-0.05, 0) is 18.7 Å². The van der Waals surface area contributed by atoms with E-state index in [1.54, 1.807) is 0 Å². The second-order valence-corrected chi connectivity index (χ2v) is 2.75. The fraction of sp³-hybridized carbons (Fsp3) is 0.200. The van der Waals surface area contributed by atoms with Crippen molar-refractivity contribution in [1.82, 2.24) is 10.2 Å². The van der Waals surface area contributed by atoms with Crippen LogP contribution in [0.2, 0.25) is 0 Å². The lowest BCUT2D eigenvalue weighted by Gasteiger charge is -2.17. The molecule has 1 radical (unpaired) electrons. The highest BCUT2D eigenvalue weighted by Crippen LogP contribution is 2.07. The highest BCUT2D eigenvalue weighted by atomic mass is 15.1. The Morgan fingerprint density at radius 3 is 2.75 bits per heavy atom. The van der Waals surface area contributed by atoms with Crippen LogP contribution in [0.15, 0.2) is 41.9 Å². The Hall–Kier alpha value is -1.44. The van der Waals surface area contributed by atoms with Gasteiger partial charge in [-0.3, -0.25) is 0 Å². The molecule has 1 aliphatic rings. The summed E-state index contributed by atoms with van der Waals surface area (Å²) >= 11 is 0. The van der Waals surface area contributed by atoms with E-state index in [4.69, 9.17) is 6.58 Å². The van der Waals surface area contributed by atoms with Gasteiger partial charge in [0.2, 0.25) is 0 Å². The number of hydrogen-bond acceptors (Lipinski definition) is 2. The SMILES string of the molecule is [CH]=C(C1=CC=CC=CN1)N(C)C. The van der Waals surface area contributed by atoms with Crippen LogP contribution in [0.4, 0.5) is 0 Å². The van der Waals surface area contributed by atoms with Gasteiger partial charge >= 0.3 is 0 Å². The largest absolute Gasteiger partial charge is 0.376 e. The first-order valence-electron chi connectivity index (χ1n) is 3.82. The third kappa shape index (κ3) is 2.02. The van der Waals surface area contributed by atoms with Crippen molar-refractivity contribution in [3.63, 3.8) is 0 Å². The lowest BCUT2D eigenvalue weighted by Crippen LogP contribution is -2.18. The molecular formula is C10H13N2. The minimum absolute atomic E-state index is 0.728. The second-order valence-electron chi connectivity index (χ2n) is 2.75. The van der Waals surface area contributed by atoms with Gasteiger partial charge in [0.05, 0.1) is 11.4 Å². The summed E-state index contributed by atoms with van der Waals surface area (Å²) in [5, 5.41) is 3.08. The van der Waals surface area contributed by atoms with Crippen LogP contribution in [0.5, 0.6) is 0 Å². The lowest BCUT2D eigenvalue weighted by molar-refractivity contribution is 0.516. The molecule has 1 heterocycles. The molecule has 1 rings (SSSR count). The number of hydrogen-bond donors (Lipinski definition) is 1. The quantitative estimate of drug-likeness (QED) is 0.659. The van der Waals surface area contributed by atoms with Crippen molar-refractivity contribution >= 4 is 0 Å². The first kappa shape index (κ1) is 8.65. The van der Waals surface area contributed by atoms with Crippen molar-refractivity contribution in [2.45, 2.75) is 0 Å². The average Bonchev–Trinajstić information content (AvgIpc) is 2.30. The average molecular weight is 161 g/mol. The van der Waals surface area contributed by atoms with Gasteiger partial charge in [-0.1, -0.05) is 12.2 Å². The molecule has 1 aliphatic heterocycles. The van der Waals surface area contributed by atoms with Crippen molar-refractivity contribution in [2.24, 2.45) is 0 Å². The Morgan fingerprint density at radius 2 is 2.08 bits per heavy atom. The van der Waals surface area contributed by atoms with E-state index in [1.807, 2.05) is 49.5 Å². The zero-order chi connectivity index (χ0) is 8.97. The summed E-state index contributed by atoms with van der Waals surface area (Å²) in [6.45, 7) is 5.80. The van der Waals surface area contributed by atoms with Crippen molar-refractivity contribution in [3.05, 3.63) is 48.5 Å². The van der Waals surface area contributed by atoms with Gasteiger partial charge in [0.25, 0.3) is 0 Å². The second kappa shape index (κ2) is 3.81. The predicted octanol–water partition coefficient (Wildman–Crippen LogP) is 1.42. The summed E-state index contributed by atoms with van der Waals surface area (Å²) in [7, 11) is 3.83. The third-order valence-electron chi connectivity index (χ3n) is 1.58. The predicted molar refractivity (Wildman–Crippen MR) is 51.0 cm³/mol. The Morgan fingerprint density at radius 1 is 1.33 bits per heavy atom. The van der Waals surface area contributed by atoms with Gasteiger partial charge in [0.1, 0.15) is 0 Å². The van der Waals surface area contributed by atoms with Crippen molar-refractivity contribution in [2.75, 3.05) is 14.1 Å². The summed E-state index contributed by atoms with van der Waals surface area (Å²) in [6, 6.07) is 0. The molecule has 0 aromatic heterocycles. The molecule has 0 aliphatic carbocycles. The fourth-order valence-electron chi connectivity index (χ4n) is 0.858. The van der Waals surface area contributed by atoms with Gasteiger partial charge in [-0.25, -0.2) is 0 Å². The first-order valence-corrected chi connectivity index (χ1v) is 3.82. The fourth-order valence-corrected chi connectivity index (χ4v) is 0.858. The van der Waals surface area contributed by atoms with Crippen LogP contribution in [-0.2, 0) is 0 Å². The van der Waals surface area contributed by atoms with E-state index in [-0.39, 0.29) is 0 Å². The van der Waals surface area contributed by atoms with Crippen LogP contribution in [0.1, 0.15) is 0 Å². The molecule has 0 spiro atoms. The number of likely N-dealkylation sites (N-methyl/N-ethyl adjacent to an activating group) is 1. The van der Waals surface area contributed by atoms with Gasteiger partial charge in [-0.2, -0.15) is 0 Å². The molecule has 0 saturated carbocycles. The van der Waals surface area contributed by atoms with Crippen LogP contribution in [0.25, 0.3) is 0 Å². The van der Waals surface area contributed by atoms with E-state index in [0.717, 1.165) is 11.4 Å². The number of nitrogens with one attached hydrogen (secondary N) is 1. The smallest absolute Gasteiger partial charge is 0.0617 e. The summed E-state index contributed by atoms with van der Waals surface area (Å²) in [5.74, 6) is 0. The van der Waals surface area contributed by atoms with E-state index in [9.17, 15) is 0 Å². The van der Waals surface area contributed by atoms with E-state index >= 15 is 0 Å². The van der Waals surface area contributed by atoms with Crippen LogP contribution in [-0.4, -0.2) is 19.0 Å². The zero-order valence-electron chi connectivity index (χ0n) is 7.41. The minimum atomic E-state index is 0.728. The van der Waals surface area contributed by atoms with Gasteiger partial charge < -0.3 is 10.2 Å². The Labute approximate surface area is 73.6 Å². The van der Waals surface area contributed by atoms with E-state index in [1.165, 1.54) is 0 Å². The van der Waals surface area contributed by atoms with Crippen LogP contribution in [0.3, 0.4) is 0 Å². The molecule has 2 nitrogen and oxygen atoms in total. The Balaban J connectivity index is 2.75. The highest BCUT2D eigenvalue weighted by Gasteiger charge is 2.02. The Kier molecular flexibility index (Phi) is 2.75. The molecule has 12 heavy (non-hydrogen) atoms. The standard InChI is InChI=1S/C10H13N2/c1-9(12(2)3)10-7-5-4-6-8-11-10/h1,4-8,11H,2-3H3. The summed E-state index contributed by atoms with van der Waals surface area (Å²) < 4.78 is 0. The summed E-state index contributed by atoms with van der Waals surface area (Å²) in [4.78, 5) is 1.87. The van der Waals surface area contributed by atoms with Gasteiger partial charge in [0, 0.05) is 20.3 Å². The molecule has 0 aromatic carbocycles. The normalized spacial score (nSPS) is 14.7. The van der Waals surface area contributed by atoms with Crippen LogP contribution >= 0.6 is 0 Å². The Bertz CT molecular complexity index is 257. The molecule has 0 amide bonds. The number of rotatable bonds is 2. The van der Waals surface area contributed by atoms with E-state index in [0.29, 0.717) is 0 Å². The molecular weight excluding hydrogens is 148 g/mol. The number of allylic oxidation sites excluding steroid dienone is 4. The first-order chi connectivity index (χ1) is 5.72. The summed E-state index contributed by atoms with van der Waals surface area (Å²) in [5.41, 5.74) is 1.65. The topological polar surface area (TPSA) is 15.3 Å². The van der Waals surface area contributed by atoms with Crippen LogP contribution < -0.4 is 5.32 Å². The molecule has 0 fully saturated rings. The van der Waals surface area contributed by atoms with Crippen molar-refractivity contribution < 1.29 is 0 Å². The molecule has 1 N–H and O–H groups in total. The molecule has 0 atom stereocenters. The highest BCUT2D eigenvalue weighted by molar-refractivity contribution is 5.32. The molecule has 63 valence electrons. The zero-order valence-corrected chi connectivity index (χ0v) is 7.41. The third-order valence-corrected chi connectivity index (χ3v) is 1.58. The molecule has 0 saturated heterocycles. The van der Waals surface area contributed by atoms with Gasteiger partial charge in [0.15, 0.2) is 0 Å². The maximum atomic E-state index is 5.80. The molecule has 0 bridgehead atoms. The monoisotopic (exact) mass is 161 g/mol. The lowest BCUT2D eigenvalue weighted by atomic mass is 10.3. The molecule has 0 unspecified atom stereocenters. The van der Waals surface area contributed by atoms with E-state index < -0.39 is 0 Å². The van der Waals surface area contributed by atoms with E-state index in [2.05, 4.69) is 5.32 Å². The van der Waals surface area contributed by atoms with Crippen molar-refractivity contribution in [1.29, 1.82) is 0 Å². The van der Waals surface area contributed by atoms with Crippen molar-refractivity contribution in [3.8, 4) is 0 Å². The summed E-state index contributed by atoms with van der Waals surface area (Å²) in [6.07, 6.45) is 9.61. The molecule has 2 heteroatoms. The van der Waals surface area contributed by atoms with Gasteiger partial charge in [-0.15, -0.1) is 0 Å². The minimum Gasteiger partial charge on any atom is -0.376 e. The van der Waals surface area contributed by atoms with Crippen LogP contribution in [0, 0.1) is 6.58 Å². The maximum Gasteiger partial charge on any atom is 0.0617 e. The molecule has 0 aromatic rings. The number of nitrogens with zero attached hydrogens (tertiary/aromatic N) is 1. The maximum absolute atomic E-state index is 5.80.